The van der Waals surface area contributed by atoms with E-state index >= 15 is 0 Å². The first-order chi connectivity index (χ1) is 25.8. The smallest absolute Gasteiger partial charge is 0.262 e. The molecular formula is C39H45N9O5. The number of piperidine rings is 2. The maximum absolute atomic E-state index is 13.4. The highest BCUT2D eigenvalue weighted by Gasteiger charge is 2.45. The van der Waals surface area contributed by atoms with Gasteiger partial charge in [-0.15, -0.1) is 10.2 Å². The minimum atomic E-state index is -0.946. The molecule has 3 N–H and O–H groups in total. The Morgan fingerprint density at radius 1 is 0.755 bits per heavy atom. The lowest BCUT2D eigenvalue weighted by atomic mass is 9.87. The van der Waals surface area contributed by atoms with Crippen LogP contribution in [0.5, 0.6) is 5.75 Å². The fraction of sp³-hybridized carbons (Fsp3) is 0.487. The number of nitrogens with zero attached hydrogens (tertiary/aromatic N) is 7. The summed E-state index contributed by atoms with van der Waals surface area (Å²) >= 11 is 0. The number of phenols is 1. The number of aromatic hydroxyl groups is 1. The molecule has 7 heterocycles. The number of rotatable bonds is 7. The Bertz CT molecular complexity index is 1960. The Labute approximate surface area is 308 Å². The van der Waals surface area contributed by atoms with Crippen molar-refractivity contribution in [1.29, 1.82) is 0 Å². The van der Waals surface area contributed by atoms with Crippen molar-refractivity contribution in [3.8, 4) is 17.0 Å². The number of piperazine rings is 1. The number of nitrogens with one attached hydrogen (secondary N) is 2. The van der Waals surface area contributed by atoms with Crippen LogP contribution in [0.1, 0.15) is 64.3 Å². The topological polar surface area (TPSA) is 155 Å². The fourth-order valence-electron chi connectivity index (χ4n) is 9.31. The van der Waals surface area contributed by atoms with Gasteiger partial charge in [0.05, 0.1) is 28.6 Å². The summed E-state index contributed by atoms with van der Waals surface area (Å²) in [5.74, 6) is -0.541. The largest absolute Gasteiger partial charge is 0.507 e. The number of aromatic nitrogens is 2. The number of fused-ring (bicyclic) bond motifs is 4. The van der Waals surface area contributed by atoms with Gasteiger partial charge in [-0.2, -0.15) is 0 Å². The maximum atomic E-state index is 13.4. The second-order valence-electron chi connectivity index (χ2n) is 15.3. The average Bonchev–Trinajstić information content (AvgIpc) is 3.75. The van der Waals surface area contributed by atoms with Crippen molar-refractivity contribution in [3.63, 3.8) is 0 Å². The van der Waals surface area contributed by atoms with E-state index in [1.165, 1.54) is 6.42 Å². The molecule has 4 saturated heterocycles. The van der Waals surface area contributed by atoms with Crippen LogP contribution in [0.25, 0.3) is 11.3 Å². The van der Waals surface area contributed by atoms with Crippen molar-refractivity contribution < 1.29 is 24.3 Å². The number of imide groups is 2. The van der Waals surface area contributed by atoms with Gasteiger partial charge in [0.2, 0.25) is 11.8 Å². The first-order valence-corrected chi connectivity index (χ1v) is 19.0. The van der Waals surface area contributed by atoms with Gasteiger partial charge >= 0.3 is 0 Å². The summed E-state index contributed by atoms with van der Waals surface area (Å²) in [7, 11) is 0. The second-order valence-corrected chi connectivity index (χ2v) is 15.3. The standard InChI is InChI=1S/C39H45N9O5/c49-34-4-2-1-3-29(34)31-20-33-36(43-42-31)40-21-27-23-45(17-18-47(27)33)16-15-44-12-11-26(22-44)46-13-9-24(10-14-46)25-5-6-28-30(19-25)39(53)48(38(28)52)32-7-8-35(50)41-37(32)51/h1-6,19-20,24,26-27,32,49H,7-18,21-23H2,(H,40,43)(H,41,50,51)/t26?,27-,32?/m0/s1. The lowest BCUT2D eigenvalue weighted by Gasteiger charge is -2.46. The van der Waals surface area contributed by atoms with Crippen LogP contribution in [-0.4, -0.2) is 142 Å². The summed E-state index contributed by atoms with van der Waals surface area (Å²) in [4.78, 5) is 61.9. The third kappa shape index (κ3) is 6.32. The van der Waals surface area contributed by atoms with Crippen LogP contribution in [0.3, 0.4) is 0 Å². The number of para-hydroxylation sites is 1. The number of hydrogen-bond donors (Lipinski definition) is 3. The summed E-state index contributed by atoms with van der Waals surface area (Å²) in [5, 5.41) is 25.0. The lowest BCUT2D eigenvalue weighted by Crippen LogP contribution is -2.58. The zero-order valence-electron chi connectivity index (χ0n) is 29.7. The van der Waals surface area contributed by atoms with Gasteiger partial charge in [0, 0.05) is 63.8 Å². The van der Waals surface area contributed by atoms with Crippen LogP contribution in [0, 0.1) is 0 Å². The molecule has 0 radical (unpaired) electrons. The number of phenolic OH excluding ortho intramolecular Hbond substituents is 1. The quantitative estimate of drug-likeness (QED) is 0.307. The number of hydrogen-bond acceptors (Lipinski definition) is 12. The van der Waals surface area contributed by atoms with Crippen molar-refractivity contribution in [2.75, 3.05) is 75.7 Å². The van der Waals surface area contributed by atoms with Gasteiger partial charge in [-0.1, -0.05) is 18.2 Å². The number of carbonyl (C=O) groups excluding carboxylic acids is 4. The molecule has 0 aliphatic carbocycles. The molecule has 0 bridgehead atoms. The molecule has 0 spiro atoms. The summed E-state index contributed by atoms with van der Waals surface area (Å²) in [6.45, 7) is 10.0. The van der Waals surface area contributed by atoms with Crippen molar-refractivity contribution in [1.82, 2.24) is 35.1 Å². The third-order valence-corrected chi connectivity index (χ3v) is 12.3. The molecule has 3 aromatic rings. The molecule has 6 aliphatic rings. The van der Waals surface area contributed by atoms with Gasteiger partial charge in [0.1, 0.15) is 11.8 Å². The van der Waals surface area contributed by atoms with Gasteiger partial charge in [0.25, 0.3) is 11.8 Å². The van der Waals surface area contributed by atoms with Gasteiger partial charge in [-0.25, -0.2) is 0 Å². The van der Waals surface area contributed by atoms with E-state index in [4.69, 9.17) is 0 Å². The second kappa shape index (κ2) is 13.8. The fourth-order valence-corrected chi connectivity index (χ4v) is 9.31. The predicted octanol–water partition coefficient (Wildman–Crippen LogP) is 2.12. The normalized spacial score (nSPS) is 25.6. The zero-order valence-corrected chi connectivity index (χ0v) is 29.7. The minimum absolute atomic E-state index is 0.111. The molecular weight excluding hydrogens is 674 g/mol. The molecule has 2 unspecified atom stereocenters. The van der Waals surface area contributed by atoms with Gasteiger partial charge in [-0.3, -0.25) is 39.2 Å². The van der Waals surface area contributed by atoms with Crippen molar-refractivity contribution in [2.24, 2.45) is 0 Å². The SMILES string of the molecule is O=C1CCC(N2C(=O)c3ccc(C4CCN(C5CCN(CCN6CCN7c8cc(-c9ccccc9O)nnc8NC[C@H]7C6)C5)CC4)cc3C2=O)C(=O)N1. The van der Waals surface area contributed by atoms with E-state index in [9.17, 15) is 24.3 Å². The highest BCUT2D eigenvalue weighted by Crippen LogP contribution is 2.37. The highest BCUT2D eigenvalue weighted by atomic mass is 16.3. The average molecular weight is 720 g/mol. The molecule has 9 rings (SSSR count). The summed E-state index contributed by atoms with van der Waals surface area (Å²) in [5.41, 5.74) is 4.19. The lowest BCUT2D eigenvalue weighted by molar-refractivity contribution is -0.136. The van der Waals surface area contributed by atoms with E-state index in [2.05, 4.69) is 40.4 Å². The van der Waals surface area contributed by atoms with E-state index in [0.717, 1.165) is 100 Å². The Balaban J connectivity index is 0.750. The third-order valence-electron chi connectivity index (χ3n) is 12.3. The zero-order chi connectivity index (χ0) is 36.2. The summed E-state index contributed by atoms with van der Waals surface area (Å²) < 4.78 is 0. The number of carbonyl (C=O) groups is 4. The summed E-state index contributed by atoms with van der Waals surface area (Å²) in [6.07, 6.45) is 3.44. The monoisotopic (exact) mass is 719 g/mol. The number of anilines is 2. The van der Waals surface area contributed by atoms with Crippen LogP contribution in [0.4, 0.5) is 11.5 Å². The molecule has 53 heavy (non-hydrogen) atoms. The van der Waals surface area contributed by atoms with Crippen molar-refractivity contribution in [2.45, 2.75) is 56.1 Å². The van der Waals surface area contributed by atoms with Gasteiger partial charge in [0.15, 0.2) is 5.82 Å². The van der Waals surface area contributed by atoms with E-state index in [0.29, 0.717) is 40.4 Å². The molecule has 276 valence electrons. The number of amides is 4. The van der Waals surface area contributed by atoms with Crippen molar-refractivity contribution >= 4 is 35.1 Å². The molecule has 1 aromatic heterocycles. The first-order valence-electron chi connectivity index (χ1n) is 19.0. The Kier molecular flexibility index (Phi) is 8.83. The van der Waals surface area contributed by atoms with E-state index in [-0.39, 0.29) is 24.5 Å². The number of likely N-dealkylation sites (tertiary alicyclic amines) is 2. The highest BCUT2D eigenvalue weighted by molar-refractivity contribution is 6.23. The van der Waals surface area contributed by atoms with Crippen LogP contribution in [0.2, 0.25) is 0 Å². The van der Waals surface area contributed by atoms with E-state index in [1.807, 2.05) is 36.4 Å². The first kappa shape index (κ1) is 33.9. The van der Waals surface area contributed by atoms with Crippen LogP contribution in [-0.2, 0) is 9.59 Å². The van der Waals surface area contributed by atoms with Crippen LogP contribution in [0.15, 0.2) is 48.5 Å². The van der Waals surface area contributed by atoms with Crippen LogP contribution >= 0.6 is 0 Å². The molecule has 4 fully saturated rings. The molecule has 3 atom stereocenters. The molecule has 14 nitrogen and oxygen atoms in total. The van der Waals surface area contributed by atoms with Crippen LogP contribution < -0.4 is 15.5 Å². The Morgan fingerprint density at radius 3 is 2.34 bits per heavy atom. The predicted molar refractivity (Wildman–Crippen MR) is 197 cm³/mol. The Hall–Kier alpha value is -4.92. The molecule has 4 amide bonds. The maximum Gasteiger partial charge on any atom is 0.262 e. The van der Waals surface area contributed by atoms with E-state index in [1.54, 1.807) is 12.1 Å². The van der Waals surface area contributed by atoms with Gasteiger partial charge in [-0.05, 0) is 87.1 Å². The van der Waals surface area contributed by atoms with E-state index < -0.39 is 23.8 Å². The Morgan fingerprint density at radius 2 is 1.53 bits per heavy atom. The molecule has 6 aliphatic heterocycles. The van der Waals surface area contributed by atoms with Gasteiger partial charge < -0.3 is 20.2 Å². The molecule has 2 aromatic carbocycles. The molecule has 0 saturated carbocycles. The summed E-state index contributed by atoms with van der Waals surface area (Å²) in [6, 6.07) is 14.8. The number of benzene rings is 2. The molecule has 14 heteroatoms. The van der Waals surface area contributed by atoms with Crippen molar-refractivity contribution in [3.05, 3.63) is 65.2 Å². The minimum Gasteiger partial charge on any atom is -0.507 e.